The van der Waals surface area contributed by atoms with Crippen LogP contribution in [0.25, 0.3) is 10.8 Å². The molecule has 0 unspecified atom stereocenters. The van der Waals surface area contributed by atoms with Gasteiger partial charge in [0.05, 0.1) is 24.6 Å². The molecule has 2 N–H and O–H groups in total. The fourth-order valence-electron chi connectivity index (χ4n) is 2.46. The summed E-state index contributed by atoms with van der Waals surface area (Å²) in [6, 6.07) is 18.3. The zero-order valence-electron chi connectivity index (χ0n) is 13.1. The molecule has 0 fully saturated rings. The molecule has 0 saturated heterocycles. The van der Waals surface area contributed by atoms with Gasteiger partial charge in [-0.05, 0) is 41.1 Å². The number of anilines is 1. The van der Waals surface area contributed by atoms with Crippen molar-refractivity contribution >= 4 is 28.6 Å². The van der Waals surface area contributed by atoms with E-state index in [1.807, 2.05) is 48.5 Å². The highest BCUT2D eigenvalue weighted by Gasteiger charge is 2.11. The highest BCUT2D eigenvalue weighted by molar-refractivity contribution is 6.09. The predicted octanol–water partition coefficient (Wildman–Crippen LogP) is 3.99. The van der Waals surface area contributed by atoms with Gasteiger partial charge in [0.2, 0.25) is 0 Å². The second-order valence-electron chi connectivity index (χ2n) is 5.15. The molecule has 0 atom stereocenters. The number of aromatic carboxylic acids is 1. The van der Waals surface area contributed by atoms with Crippen molar-refractivity contribution in [3.05, 3.63) is 71.8 Å². The minimum atomic E-state index is -0.980. The molecule has 0 radical (unpaired) electrons. The SMILES string of the molecule is COc1ccc(N/N=C/c2c(C(=O)O)ccc3ccccc23)cc1. The standard InChI is InChI=1S/C19H16N2O3/c1-24-15-9-7-14(8-10-15)21-20-12-18-16-5-3-2-4-13(16)6-11-17(18)19(22)23/h2-12,21H,1H3,(H,22,23)/b20-12+. The van der Waals surface area contributed by atoms with Gasteiger partial charge in [-0.2, -0.15) is 5.10 Å². The van der Waals surface area contributed by atoms with Crippen molar-refractivity contribution in [1.82, 2.24) is 0 Å². The van der Waals surface area contributed by atoms with Crippen LogP contribution in [0.15, 0.2) is 65.8 Å². The van der Waals surface area contributed by atoms with Crippen LogP contribution in [0.5, 0.6) is 5.75 Å². The van der Waals surface area contributed by atoms with E-state index >= 15 is 0 Å². The molecule has 0 amide bonds. The Morgan fingerprint density at radius 2 is 1.83 bits per heavy atom. The summed E-state index contributed by atoms with van der Waals surface area (Å²) < 4.78 is 5.10. The van der Waals surface area contributed by atoms with Gasteiger partial charge in [-0.3, -0.25) is 5.43 Å². The first-order chi connectivity index (χ1) is 11.7. The summed E-state index contributed by atoms with van der Waals surface area (Å²) in [5.74, 6) is -0.224. The molecular formula is C19H16N2O3. The molecule has 3 aromatic carbocycles. The molecular weight excluding hydrogens is 304 g/mol. The second kappa shape index (κ2) is 6.83. The van der Waals surface area contributed by atoms with E-state index < -0.39 is 5.97 Å². The maximum atomic E-state index is 11.5. The molecule has 0 heterocycles. The highest BCUT2D eigenvalue weighted by atomic mass is 16.5. The summed E-state index contributed by atoms with van der Waals surface area (Å²) in [4.78, 5) is 11.5. The van der Waals surface area contributed by atoms with Crippen LogP contribution in [0.1, 0.15) is 15.9 Å². The highest BCUT2D eigenvalue weighted by Crippen LogP contribution is 2.21. The molecule has 3 rings (SSSR count). The number of hydrogen-bond acceptors (Lipinski definition) is 4. The number of fused-ring (bicyclic) bond motifs is 1. The number of rotatable bonds is 5. The Labute approximate surface area is 139 Å². The third-order valence-corrected chi connectivity index (χ3v) is 3.68. The van der Waals surface area contributed by atoms with Crippen molar-refractivity contribution in [2.45, 2.75) is 0 Å². The van der Waals surface area contributed by atoms with Crippen LogP contribution in [0.3, 0.4) is 0 Å². The Hall–Kier alpha value is -3.34. The van der Waals surface area contributed by atoms with Crippen LogP contribution in [0.2, 0.25) is 0 Å². The van der Waals surface area contributed by atoms with Gasteiger partial charge in [-0.1, -0.05) is 30.3 Å². The van der Waals surface area contributed by atoms with Gasteiger partial charge in [0.1, 0.15) is 5.75 Å². The summed E-state index contributed by atoms with van der Waals surface area (Å²) in [6.45, 7) is 0. The summed E-state index contributed by atoms with van der Waals surface area (Å²) in [5, 5.41) is 15.4. The number of methoxy groups -OCH3 is 1. The molecule has 24 heavy (non-hydrogen) atoms. The first-order valence-electron chi connectivity index (χ1n) is 7.37. The van der Waals surface area contributed by atoms with Gasteiger partial charge in [0.25, 0.3) is 0 Å². The van der Waals surface area contributed by atoms with Crippen molar-refractivity contribution in [1.29, 1.82) is 0 Å². The molecule has 0 aliphatic rings. The average Bonchev–Trinajstić information content (AvgIpc) is 2.62. The average molecular weight is 320 g/mol. The van der Waals surface area contributed by atoms with Crippen LogP contribution in [0, 0.1) is 0 Å². The first-order valence-corrected chi connectivity index (χ1v) is 7.37. The molecule has 0 aromatic heterocycles. The monoisotopic (exact) mass is 320 g/mol. The zero-order chi connectivity index (χ0) is 16.9. The number of carbonyl (C=O) groups is 1. The van der Waals surface area contributed by atoms with E-state index in [2.05, 4.69) is 10.5 Å². The van der Waals surface area contributed by atoms with Gasteiger partial charge < -0.3 is 9.84 Å². The maximum Gasteiger partial charge on any atom is 0.336 e. The normalized spacial score (nSPS) is 10.9. The smallest absolute Gasteiger partial charge is 0.336 e. The van der Waals surface area contributed by atoms with Crippen LogP contribution in [-0.4, -0.2) is 24.4 Å². The largest absolute Gasteiger partial charge is 0.497 e. The summed E-state index contributed by atoms with van der Waals surface area (Å²) >= 11 is 0. The van der Waals surface area contributed by atoms with Crippen molar-refractivity contribution in [3.63, 3.8) is 0 Å². The van der Waals surface area contributed by atoms with Gasteiger partial charge in [0.15, 0.2) is 0 Å². The third-order valence-electron chi connectivity index (χ3n) is 3.68. The topological polar surface area (TPSA) is 70.9 Å². The summed E-state index contributed by atoms with van der Waals surface area (Å²) in [5.41, 5.74) is 4.47. The lowest BCUT2D eigenvalue weighted by molar-refractivity contribution is 0.0697. The van der Waals surface area contributed by atoms with Gasteiger partial charge in [0, 0.05) is 5.56 Å². The Morgan fingerprint density at radius 1 is 1.08 bits per heavy atom. The van der Waals surface area contributed by atoms with Gasteiger partial charge >= 0.3 is 5.97 Å². The van der Waals surface area contributed by atoms with Crippen molar-refractivity contribution < 1.29 is 14.6 Å². The number of hydrogen-bond donors (Lipinski definition) is 2. The Balaban J connectivity index is 1.92. The quantitative estimate of drug-likeness (QED) is 0.551. The van der Waals surface area contributed by atoms with E-state index in [1.54, 1.807) is 19.2 Å². The van der Waals surface area contributed by atoms with E-state index in [1.165, 1.54) is 6.21 Å². The lowest BCUT2D eigenvalue weighted by Gasteiger charge is -2.07. The molecule has 0 aliphatic carbocycles. The summed E-state index contributed by atoms with van der Waals surface area (Å²) in [6.07, 6.45) is 1.54. The third kappa shape index (κ3) is 3.20. The summed E-state index contributed by atoms with van der Waals surface area (Å²) in [7, 11) is 1.61. The lowest BCUT2D eigenvalue weighted by atomic mass is 10.00. The second-order valence-corrected chi connectivity index (χ2v) is 5.15. The van der Waals surface area contributed by atoms with E-state index in [9.17, 15) is 9.90 Å². The minimum Gasteiger partial charge on any atom is -0.497 e. The number of carboxylic acids is 1. The number of hydrazone groups is 1. The van der Waals surface area contributed by atoms with Crippen molar-refractivity contribution in [2.75, 3.05) is 12.5 Å². The number of ether oxygens (including phenoxy) is 1. The molecule has 5 nitrogen and oxygen atoms in total. The van der Waals surface area contributed by atoms with Crippen LogP contribution in [-0.2, 0) is 0 Å². The fourth-order valence-corrected chi connectivity index (χ4v) is 2.46. The van der Waals surface area contributed by atoms with E-state index in [-0.39, 0.29) is 5.56 Å². The molecule has 5 heteroatoms. The van der Waals surface area contributed by atoms with Crippen LogP contribution >= 0.6 is 0 Å². The number of benzene rings is 3. The molecule has 0 bridgehead atoms. The zero-order valence-corrected chi connectivity index (χ0v) is 13.1. The molecule has 0 saturated carbocycles. The van der Waals surface area contributed by atoms with Crippen LogP contribution < -0.4 is 10.2 Å². The number of nitrogens with one attached hydrogen (secondary N) is 1. The Kier molecular flexibility index (Phi) is 4.43. The van der Waals surface area contributed by atoms with E-state index in [0.717, 1.165) is 22.2 Å². The maximum absolute atomic E-state index is 11.5. The molecule has 0 spiro atoms. The molecule has 0 aliphatic heterocycles. The van der Waals surface area contributed by atoms with Crippen molar-refractivity contribution in [3.8, 4) is 5.75 Å². The van der Waals surface area contributed by atoms with Crippen molar-refractivity contribution in [2.24, 2.45) is 5.10 Å². The van der Waals surface area contributed by atoms with E-state index in [4.69, 9.17) is 4.74 Å². The first kappa shape index (κ1) is 15.6. The number of nitrogens with zero attached hydrogens (tertiary/aromatic N) is 1. The Bertz CT molecular complexity index is 902. The van der Waals surface area contributed by atoms with Gasteiger partial charge in [-0.25, -0.2) is 4.79 Å². The van der Waals surface area contributed by atoms with E-state index in [0.29, 0.717) is 5.56 Å². The van der Waals surface area contributed by atoms with Gasteiger partial charge in [-0.15, -0.1) is 0 Å². The predicted molar refractivity (Wildman–Crippen MR) is 95.1 cm³/mol. The fraction of sp³-hybridized carbons (Fsp3) is 0.0526. The molecule has 120 valence electrons. The Morgan fingerprint density at radius 3 is 2.54 bits per heavy atom. The number of carboxylic acid groups (broad SMARTS) is 1. The lowest BCUT2D eigenvalue weighted by Crippen LogP contribution is -2.03. The molecule has 3 aromatic rings. The van der Waals surface area contributed by atoms with Crippen LogP contribution in [0.4, 0.5) is 5.69 Å². The minimum absolute atomic E-state index is 0.217.